The Hall–Kier alpha value is -3.42. The maximum absolute atomic E-state index is 13.0. The molecule has 0 radical (unpaired) electrons. The van der Waals surface area contributed by atoms with E-state index in [-0.39, 0.29) is 18.5 Å². The fraction of sp³-hybridized carbons (Fsp3) is 0.333. The van der Waals surface area contributed by atoms with E-state index in [1.807, 2.05) is 41.0 Å². The molecule has 3 heterocycles. The van der Waals surface area contributed by atoms with Crippen LogP contribution in [0.2, 0.25) is 0 Å². The van der Waals surface area contributed by atoms with E-state index in [9.17, 15) is 9.59 Å². The van der Waals surface area contributed by atoms with Gasteiger partial charge in [-0.15, -0.1) is 0 Å². The number of pyridine rings is 1. The van der Waals surface area contributed by atoms with E-state index < -0.39 is 0 Å². The number of carbonyl (C=O) groups excluding carboxylic acids is 2. The van der Waals surface area contributed by atoms with Crippen LogP contribution < -0.4 is 0 Å². The molecule has 1 fully saturated rings. The topological polar surface area (TPSA) is 80.6 Å². The molecule has 1 aromatic carbocycles. The summed E-state index contributed by atoms with van der Waals surface area (Å²) in [5, 5.41) is 0. The summed E-state index contributed by atoms with van der Waals surface area (Å²) >= 11 is 0. The second-order valence-corrected chi connectivity index (χ2v) is 6.81. The van der Waals surface area contributed by atoms with Crippen LogP contribution in [0.15, 0.2) is 48.8 Å². The van der Waals surface area contributed by atoms with Gasteiger partial charge in [0.15, 0.2) is 0 Å². The molecule has 29 heavy (non-hydrogen) atoms. The lowest BCUT2D eigenvalue weighted by atomic mass is 10.2. The van der Waals surface area contributed by atoms with Crippen molar-refractivity contribution in [3.8, 4) is 11.4 Å². The molecule has 1 aliphatic heterocycles. The van der Waals surface area contributed by atoms with Crippen molar-refractivity contribution in [1.82, 2.24) is 24.3 Å². The van der Waals surface area contributed by atoms with Crippen molar-refractivity contribution in [2.45, 2.75) is 13.5 Å². The zero-order valence-electron chi connectivity index (χ0n) is 16.3. The number of imidazole rings is 1. The summed E-state index contributed by atoms with van der Waals surface area (Å²) in [5.41, 5.74) is 2.67. The molecular formula is C21H23N5O3. The fourth-order valence-electron chi connectivity index (χ4n) is 3.55. The third-order valence-electron chi connectivity index (χ3n) is 5.04. The largest absolute Gasteiger partial charge is 0.450 e. The molecule has 150 valence electrons. The monoisotopic (exact) mass is 393 g/mol. The van der Waals surface area contributed by atoms with Crippen molar-refractivity contribution < 1.29 is 14.3 Å². The Morgan fingerprint density at radius 3 is 2.41 bits per heavy atom. The molecule has 1 aliphatic rings. The number of piperazine rings is 1. The lowest BCUT2D eigenvalue weighted by molar-refractivity contribution is -0.133. The van der Waals surface area contributed by atoms with Crippen LogP contribution in [0.4, 0.5) is 4.79 Å². The highest BCUT2D eigenvalue weighted by Crippen LogP contribution is 2.24. The highest BCUT2D eigenvalue weighted by atomic mass is 16.6. The van der Waals surface area contributed by atoms with E-state index in [0.717, 1.165) is 22.4 Å². The fourth-order valence-corrected chi connectivity index (χ4v) is 3.55. The van der Waals surface area contributed by atoms with E-state index in [1.54, 1.807) is 29.1 Å². The van der Waals surface area contributed by atoms with Crippen LogP contribution in [0.25, 0.3) is 22.4 Å². The molecule has 8 heteroatoms. The first kappa shape index (κ1) is 18.9. The minimum atomic E-state index is -0.319. The molecule has 0 saturated carbocycles. The summed E-state index contributed by atoms with van der Waals surface area (Å²) in [4.78, 5) is 37.1. The Kier molecular flexibility index (Phi) is 5.41. The Bertz CT molecular complexity index is 1010. The van der Waals surface area contributed by atoms with Gasteiger partial charge in [-0.2, -0.15) is 0 Å². The molecule has 3 aromatic rings. The average Bonchev–Trinajstić information content (AvgIpc) is 3.13. The van der Waals surface area contributed by atoms with Crippen LogP contribution in [-0.2, 0) is 16.1 Å². The van der Waals surface area contributed by atoms with Crippen molar-refractivity contribution >= 4 is 23.0 Å². The molecule has 0 N–H and O–H groups in total. The lowest BCUT2D eigenvalue weighted by Gasteiger charge is -2.34. The van der Waals surface area contributed by atoms with E-state index >= 15 is 0 Å². The molecule has 0 aliphatic carbocycles. The van der Waals surface area contributed by atoms with Crippen molar-refractivity contribution in [2.24, 2.45) is 0 Å². The number of hydrogen-bond acceptors (Lipinski definition) is 5. The summed E-state index contributed by atoms with van der Waals surface area (Å²) in [6.45, 7) is 4.27. The SMILES string of the molecule is CCOC(=O)N1CCN(C(=O)Cn2c(-c3ccncc3)nc3ccccc32)CC1. The Morgan fingerprint density at radius 1 is 1.00 bits per heavy atom. The lowest BCUT2D eigenvalue weighted by Crippen LogP contribution is -2.51. The number of amides is 2. The summed E-state index contributed by atoms with van der Waals surface area (Å²) in [7, 11) is 0. The van der Waals surface area contributed by atoms with Gasteiger partial charge in [0.05, 0.1) is 17.6 Å². The molecule has 2 aromatic heterocycles. The van der Waals surface area contributed by atoms with Gasteiger partial charge in [-0.3, -0.25) is 9.78 Å². The molecule has 0 spiro atoms. The van der Waals surface area contributed by atoms with Crippen LogP contribution in [0, 0.1) is 0 Å². The number of rotatable bonds is 4. The van der Waals surface area contributed by atoms with Gasteiger partial charge in [0.1, 0.15) is 12.4 Å². The van der Waals surface area contributed by atoms with Crippen molar-refractivity contribution in [3.63, 3.8) is 0 Å². The smallest absolute Gasteiger partial charge is 0.409 e. The third-order valence-corrected chi connectivity index (χ3v) is 5.04. The van der Waals surface area contributed by atoms with Crippen LogP contribution in [0.3, 0.4) is 0 Å². The Labute approximate surface area is 168 Å². The molecule has 0 atom stereocenters. The van der Waals surface area contributed by atoms with Crippen LogP contribution in [0.1, 0.15) is 6.92 Å². The first-order valence-electron chi connectivity index (χ1n) is 9.72. The predicted molar refractivity (Wildman–Crippen MR) is 108 cm³/mol. The predicted octanol–water partition coefficient (Wildman–Crippen LogP) is 2.40. The summed E-state index contributed by atoms with van der Waals surface area (Å²) in [6, 6.07) is 11.6. The number of fused-ring (bicyclic) bond motifs is 1. The molecule has 2 amide bonds. The highest BCUT2D eigenvalue weighted by molar-refractivity contribution is 5.84. The van der Waals surface area contributed by atoms with Crippen molar-refractivity contribution in [3.05, 3.63) is 48.8 Å². The molecule has 8 nitrogen and oxygen atoms in total. The van der Waals surface area contributed by atoms with E-state index in [2.05, 4.69) is 4.98 Å². The summed E-state index contributed by atoms with van der Waals surface area (Å²) < 4.78 is 6.99. The third kappa shape index (κ3) is 3.91. The molecule has 0 bridgehead atoms. The Morgan fingerprint density at radius 2 is 1.69 bits per heavy atom. The van der Waals surface area contributed by atoms with Gasteiger partial charge in [-0.1, -0.05) is 12.1 Å². The molecular weight excluding hydrogens is 370 g/mol. The molecule has 4 rings (SSSR count). The average molecular weight is 393 g/mol. The number of nitrogens with zero attached hydrogens (tertiary/aromatic N) is 5. The maximum Gasteiger partial charge on any atom is 0.409 e. The van der Waals surface area contributed by atoms with Gasteiger partial charge in [0.2, 0.25) is 5.91 Å². The minimum absolute atomic E-state index is 0.00645. The Balaban J connectivity index is 1.54. The van der Waals surface area contributed by atoms with Gasteiger partial charge >= 0.3 is 6.09 Å². The molecule has 0 unspecified atom stereocenters. The van der Waals surface area contributed by atoms with E-state index in [1.165, 1.54) is 0 Å². The standard InChI is InChI=1S/C21H23N5O3/c1-2-29-21(28)25-13-11-24(12-14-25)19(27)15-26-18-6-4-3-5-17(18)23-20(26)16-7-9-22-10-8-16/h3-10H,2,11-15H2,1H3. The van der Waals surface area contributed by atoms with Crippen LogP contribution in [-0.4, -0.2) is 69.1 Å². The van der Waals surface area contributed by atoms with Crippen molar-refractivity contribution in [1.29, 1.82) is 0 Å². The zero-order valence-corrected chi connectivity index (χ0v) is 16.3. The normalized spacial score (nSPS) is 14.2. The first-order chi connectivity index (χ1) is 14.2. The van der Waals surface area contributed by atoms with Gasteiger partial charge in [0, 0.05) is 44.1 Å². The van der Waals surface area contributed by atoms with E-state index in [4.69, 9.17) is 9.72 Å². The van der Waals surface area contributed by atoms with Crippen LogP contribution >= 0.6 is 0 Å². The summed E-state index contributed by atoms with van der Waals surface area (Å²) in [6.07, 6.45) is 3.12. The molecule has 1 saturated heterocycles. The maximum atomic E-state index is 13.0. The number of aromatic nitrogens is 3. The zero-order chi connectivity index (χ0) is 20.2. The number of para-hydroxylation sites is 2. The first-order valence-corrected chi connectivity index (χ1v) is 9.72. The van der Waals surface area contributed by atoms with Gasteiger partial charge in [-0.25, -0.2) is 9.78 Å². The number of benzene rings is 1. The number of carbonyl (C=O) groups is 2. The van der Waals surface area contributed by atoms with Crippen LogP contribution in [0.5, 0.6) is 0 Å². The van der Waals surface area contributed by atoms with Crippen molar-refractivity contribution in [2.75, 3.05) is 32.8 Å². The second-order valence-electron chi connectivity index (χ2n) is 6.81. The quantitative estimate of drug-likeness (QED) is 0.680. The summed E-state index contributed by atoms with van der Waals surface area (Å²) in [5.74, 6) is 0.749. The highest BCUT2D eigenvalue weighted by Gasteiger charge is 2.26. The van der Waals surface area contributed by atoms with Gasteiger partial charge in [0.25, 0.3) is 0 Å². The number of ether oxygens (including phenoxy) is 1. The second kappa shape index (κ2) is 8.30. The minimum Gasteiger partial charge on any atom is -0.450 e. The number of hydrogen-bond donors (Lipinski definition) is 0. The van der Waals surface area contributed by atoms with E-state index in [0.29, 0.717) is 32.8 Å². The van der Waals surface area contributed by atoms with Gasteiger partial charge in [-0.05, 0) is 31.2 Å². The van der Waals surface area contributed by atoms with Gasteiger partial charge < -0.3 is 19.1 Å².